The molecule has 18 heavy (non-hydrogen) atoms. The minimum Gasteiger partial charge on any atom is -0.337 e. The van der Waals surface area contributed by atoms with Crippen LogP contribution in [0.25, 0.3) is 21.7 Å². The minimum atomic E-state index is 0.203. The second-order valence-electron chi connectivity index (χ2n) is 5.52. The zero-order chi connectivity index (χ0) is 12.8. The van der Waals surface area contributed by atoms with Crippen LogP contribution >= 0.6 is 11.3 Å². The van der Waals surface area contributed by atoms with Gasteiger partial charge in [-0.15, -0.1) is 11.3 Å². The van der Waals surface area contributed by atoms with Gasteiger partial charge in [0.2, 0.25) is 0 Å². The van der Waals surface area contributed by atoms with Crippen LogP contribution in [-0.4, -0.2) is 9.97 Å². The van der Waals surface area contributed by atoms with Gasteiger partial charge in [0.15, 0.2) is 0 Å². The van der Waals surface area contributed by atoms with E-state index in [1.165, 1.54) is 9.75 Å². The summed E-state index contributed by atoms with van der Waals surface area (Å²) in [5, 5.41) is 0. The Morgan fingerprint density at radius 2 is 1.83 bits per heavy atom. The highest BCUT2D eigenvalue weighted by atomic mass is 32.1. The molecular formula is C15H16N2S. The van der Waals surface area contributed by atoms with Gasteiger partial charge in [-0.05, 0) is 29.7 Å². The first-order valence-electron chi connectivity index (χ1n) is 6.09. The van der Waals surface area contributed by atoms with Gasteiger partial charge in [0.25, 0.3) is 0 Å². The van der Waals surface area contributed by atoms with E-state index in [4.69, 9.17) is 0 Å². The van der Waals surface area contributed by atoms with Crippen molar-refractivity contribution in [3.05, 3.63) is 41.3 Å². The molecule has 0 spiro atoms. The van der Waals surface area contributed by atoms with Gasteiger partial charge >= 0.3 is 0 Å². The Morgan fingerprint density at radius 1 is 1.06 bits per heavy atom. The highest BCUT2D eigenvalue weighted by Gasteiger charge is 2.17. The molecule has 0 fully saturated rings. The van der Waals surface area contributed by atoms with Gasteiger partial charge in [-0.25, -0.2) is 4.98 Å². The molecule has 0 unspecified atom stereocenters. The molecule has 2 nitrogen and oxygen atoms in total. The van der Waals surface area contributed by atoms with Crippen molar-refractivity contribution in [1.29, 1.82) is 0 Å². The van der Waals surface area contributed by atoms with E-state index in [1.54, 1.807) is 0 Å². The maximum absolute atomic E-state index is 4.63. The van der Waals surface area contributed by atoms with E-state index in [-0.39, 0.29) is 5.41 Å². The third-order valence-corrected chi connectivity index (χ3v) is 4.49. The zero-order valence-electron chi connectivity index (χ0n) is 10.8. The molecule has 0 saturated heterocycles. The lowest BCUT2D eigenvalue weighted by Crippen LogP contribution is -2.07. The number of aromatic amines is 1. The average molecular weight is 256 g/mol. The first kappa shape index (κ1) is 11.5. The predicted molar refractivity (Wildman–Crippen MR) is 78.1 cm³/mol. The number of H-pyrrole nitrogens is 1. The van der Waals surface area contributed by atoms with Gasteiger partial charge in [-0.2, -0.15) is 0 Å². The normalized spacial score (nSPS) is 12.2. The molecular weight excluding hydrogens is 240 g/mol. The Bertz CT molecular complexity index is 653. The van der Waals surface area contributed by atoms with Crippen LogP contribution in [0.3, 0.4) is 0 Å². The number of fused-ring (bicyclic) bond motifs is 1. The Morgan fingerprint density at radius 3 is 2.50 bits per heavy atom. The first-order chi connectivity index (χ1) is 8.54. The number of rotatable bonds is 1. The lowest BCUT2D eigenvalue weighted by molar-refractivity contribution is 0.604. The number of aromatic nitrogens is 2. The monoisotopic (exact) mass is 256 g/mol. The molecule has 0 aliphatic carbocycles. The molecule has 2 heterocycles. The van der Waals surface area contributed by atoms with Crippen molar-refractivity contribution in [3.8, 4) is 10.7 Å². The Balaban J connectivity index is 2.06. The molecule has 1 aromatic carbocycles. The second-order valence-corrected chi connectivity index (χ2v) is 6.60. The highest BCUT2D eigenvalue weighted by Crippen LogP contribution is 2.34. The summed E-state index contributed by atoms with van der Waals surface area (Å²) in [6.45, 7) is 6.71. The third kappa shape index (κ3) is 1.95. The summed E-state index contributed by atoms with van der Waals surface area (Å²) in [6, 6.07) is 12.5. The predicted octanol–water partition coefficient (Wildman–Crippen LogP) is 4.59. The third-order valence-electron chi connectivity index (χ3n) is 2.97. The number of hydrogen-bond acceptors (Lipinski definition) is 2. The van der Waals surface area contributed by atoms with Crippen molar-refractivity contribution < 1.29 is 0 Å². The summed E-state index contributed by atoms with van der Waals surface area (Å²) in [6.07, 6.45) is 0. The zero-order valence-corrected chi connectivity index (χ0v) is 11.6. The first-order valence-corrected chi connectivity index (χ1v) is 6.91. The molecule has 3 heteroatoms. The summed E-state index contributed by atoms with van der Waals surface area (Å²) >= 11 is 1.81. The van der Waals surface area contributed by atoms with Crippen molar-refractivity contribution in [2.45, 2.75) is 26.2 Å². The minimum absolute atomic E-state index is 0.203. The molecule has 3 rings (SSSR count). The number of para-hydroxylation sites is 2. The van der Waals surface area contributed by atoms with E-state index in [1.807, 2.05) is 29.5 Å². The van der Waals surface area contributed by atoms with E-state index in [2.05, 4.69) is 48.9 Å². The largest absolute Gasteiger partial charge is 0.337 e. The SMILES string of the molecule is CC(C)(C)c1ccc(-c2nc3ccccc3[nH]2)s1. The van der Waals surface area contributed by atoms with Crippen molar-refractivity contribution in [2.75, 3.05) is 0 Å². The van der Waals surface area contributed by atoms with Gasteiger partial charge in [0, 0.05) is 4.88 Å². The lowest BCUT2D eigenvalue weighted by atomic mass is 9.95. The number of benzene rings is 1. The number of thiophene rings is 1. The molecule has 0 saturated carbocycles. The Kier molecular flexibility index (Phi) is 2.52. The maximum atomic E-state index is 4.63. The van der Waals surface area contributed by atoms with Crippen LogP contribution in [0.4, 0.5) is 0 Å². The molecule has 0 aliphatic heterocycles. The topological polar surface area (TPSA) is 28.7 Å². The van der Waals surface area contributed by atoms with E-state index in [0.29, 0.717) is 0 Å². The fraction of sp³-hybridized carbons (Fsp3) is 0.267. The molecule has 92 valence electrons. The molecule has 0 amide bonds. The van der Waals surface area contributed by atoms with Crippen LogP contribution in [0.5, 0.6) is 0 Å². The van der Waals surface area contributed by atoms with Gasteiger partial charge in [-0.1, -0.05) is 32.9 Å². The lowest BCUT2D eigenvalue weighted by Gasteiger charge is -2.15. The van der Waals surface area contributed by atoms with Crippen molar-refractivity contribution in [3.63, 3.8) is 0 Å². The van der Waals surface area contributed by atoms with E-state index in [9.17, 15) is 0 Å². The summed E-state index contributed by atoms with van der Waals surface area (Å²) in [5.74, 6) is 0.969. The van der Waals surface area contributed by atoms with Gasteiger partial charge in [0.05, 0.1) is 15.9 Å². The molecule has 3 aromatic rings. The fourth-order valence-corrected chi connectivity index (χ4v) is 2.95. The van der Waals surface area contributed by atoms with E-state index in [0.717, 1.165) is 16.9 Å². The van der Waals surface area contributed by atoms with E-state index < -0.39 is 0 Å². The van der Waals surface area contributed by atoms with E-state index >= 15 is 0 Å². The number of imidazole rings is 1. The molecule has 0 radical (unpaired) electrons. The summed E-state index contributed by atoms with van der Waals surface area (Å²) in [5.41, 5.74) is 2.32. The molecule has 0 bridgehead atoms. The number of nitrogens with zero attached hydrogens (tertiary/aromatic N) is 1. The molecule has 2 aromatic heterocycles. The Hall–Kier alpha value is -1.61. The van der Waals surface area contributed by atoms with Crippen LogP contribution in [0, 0.1) is 0 Å². The van der Waals surface area contributed by atoms with Crippen LogP contribution in [-0.2, 0) is 5.41 Å². The van der Waals surface area contributed by atoms with Crippen LogP contribution in [0.2, 0.25) is 0 Å². The van der Waals surface area contributed by atoms with Gasteiger partial charge < -0.3 is 4.98 Å². The van der Waals surface area contributed by atoms with Crippen molar-refractivity contribution in [1.82, 2.24) is 9.97 Å². The quantitative estimate of drug-likeness (QED) is 0.678. The Labute approximate surface area is 111 Å². The highest BCUT2D eigenvalue weighted by molar-refractivity contribution is 7.15. The van der Waals surface area contributed by atoms with Crippen LogP contribution in [0.1, 0.15) is 25.6 Å². The summed E-state index contributed by atoms with van der Waals surface area (Å²) < 4.78 is 0. The number of nitrogens with one attached hydrogen (secondary N) is 1. The molecule has 1 N–H and O–H groups in total. The molecule has 0 aliphatic rings. The second kappa shape index (κ2) is 3.95. The van der Waals surface area contributed by atoms with Crippen molar-refractivity contribution in [2.24, 2.45) is 0 Å². The average Bonchev–Trinajstić information content (AvgIpc) is 2.94. The van der Waals surface area contributed by atoms with Gasteiger partial charge in [0.1, 0.15) is 5.82 Å². The number of hydrogen-bond donors (Lipinski definition) is 1. The van der Waals surface area contributed by atoms with Crippen LogP contribution < -0.4 is 0 Å². The maximum Gasteiger partial charge on any atom is 0.148 e. The standard InChI is InChI=1S/C15H16N2S/c1-15(2,3)13-9-8-12(18-13)14-16-10-6-4-5-7-11(10)17-14/h4-9H,1-3H3,(H,16,17). The molecule has 0 atom stereocenters. The fourth-order valence-electron chi connectivity index (χ4n) is 1.94. The van der Waals surface area contributed by atoms with Gasteiger partial charge in [-0.3, -0.25) is 0 Å². The summed E-state index contributed by atoms with van der Waals surface area (Å²) in [7, 11) is 0. The van der Waals surface area contributed by atoms with Crippen LogP contribution in [0.15, 0.2) is 36.4 Å². The summed E-state index contributed by atoms with van der Waals surface area (Å²) in [4.78, 5) is 10.6. The van der Waals surface area contributed by atoms with Crippen molar-refractivity contribution >= 4 is 22.4 Å². The smallest absolute Gasteiger partial charge is 0.148 e.